The number of carbonyl (C=O) groups excluding carboxylic acids is 1. The first-order valence-electron chi connectivity index (χ1n) is 6.77. The van der Waals surface area contributed by atoms with Crippen molar-refractivity contribution in [2.75, 3.05) is 0 Å². The standard InChI is InChI=1S/C15H21N3OS/c1-10-6-5-7-11-13(10)18(14(20)16-11)9-8-12(19)17-15(2,3)4/h5-7H,8-9H2,1-4H3,(H,16,20)(H,17,19). The van der Waals surface area contributed by atoms with Gasteiger partial charge in [-0.3, -0.25) is 4.79 Å². The van der Waals surface area contributed by atoms with Crippen LogP contribution in [0.3, 0.4) is 0 Å². The summed E-state index contributed by atoms with van der Waals surface area (Å²) in [6, 6.07) is 6.06. The van der Waals surface area contributed by atoms with Gasteiger partial charge in [0, 0.05) is 18.5 Å². The van der Waals surface area contributed by atoms with Gasteiger partial charge in [-0.1, -0.05) is 12.1 Å². The van der Waals surface area contributed by atoms with E-state index in [1.807, 2.05) is 37.5 Å². The molecule has 1 heterocycles. The minimum Gasteiger partial charge on any atom is -0.351 e. The van der Waals surface area contributed by atoms with E-state index in [0.717, 1.165) is 16.6 Å². The first-order chi connectivity index (χ1) is 9.28. The van der Waals surface area contributed by atoms with Crippen LogP contribution in [0.2, 0.25) is 0 Å². The van der Waals surface area contributed by atoms with Gasteiger partial charge in [0.15, 0.2) is 4.77 Å². The van der Waals surface area contributed by atoms with Crippen LogP contribution in [0.25, 0.3) is 11.0 Å². The average Bonchev–Trinajstić information content (AvgIpc) is 2.61. The Morgan fingerprint density at radius 3 is 2.75 bits per heavy atom. The Kier molecular flexibility index (Phi) is 3.99. The monoisotopic (exact) mass is 291 g/mol. The van der Waals surface area contributed by atoms with Gasteiger partial charge in [0.2, 0.25) is 5.91 Å². The van der Waals surface area contributed by atoms with E-state index in [1.165, 1.54) is 0 Å². The molecule has 1 aromatic carbocycles. The van der Waals surface area contributed by atoms with Gasteiger partial charge in [-0.25, -0.2) is 0 Å². The number of amides is 1. The second-order valence-corrected chi connectivity index (χ2v) is 6.49. The number of nitrogens with one attached hydrogen (secondary N) is 2. The molecule has 2 rings (SSSR count). The quantitative estimate of drug-likeness (QED) is 0.852. The Morgan fingerprint density at radius 2 is 2.10 bits per heavy atom. The normalized spacial score (nSPS) is 11.8. The van der Waals surface area contributed by atoms with Crippen molar-refractivity contribution in [1.82, 2.24) is 14.9 Å². The minimum absolute atomic E-state index is 0.0438. The summed E-state index contributed by atoms with van der Waals surface area (Å²) in [4.78, 5) is 15.1. The number of imidazole rings is 1. The smallest absolute Gasteiger partial charge is 0.222 e. The van der Waals surface area contributed by atoms with Crippen molar-refractivity contribution in [3.8, 4) is 0 Å². The molecule has 1 aromatic heterocycles. The molecular formula is C15H21N3OS. The lowest BCUT2D eigenvalue weighted by Crippen LogP contribution is -2.40. The predicted octanol–water partition coefficient (Wildman–Crippen LogP) is 3.31. The van der Waals surface area contributed by atoms with E-state index in [-0.39, 0.29) is 11.4 Å². The van der Waals surface area contributed by atoms with Crippen molar-refractivity contribution in [3.63, 3.8) is 0 Å². The van der Waals surface area contributed by atoms with Crippen molar-refractivity contribution in [2.24, 2.45) is 0 Å². The summed E-state index contributed by atoms with van der Waals surface area (Å²) in [5.74, 6) is 0.0438. The second kappa shape index (κ2) is 5.40. The molecule has 0 saturated heterocycles. The number of rotatable bonds is 3. The van der Waals surface area contributed by atoms with E-state index in [1.54, 1.807) is 0 Å². The van der Waals surface area contributed by atoms with Gasteiger partial charge in [0.25, 0.3) is 0 Å². The summed E-state index contributed by atoms with van der Waals surface area (Å²) >= 11 is 5.35. The molecule has 5 heteroatoms. The second-order valence-electron chi connectivity index (χ2n) is 6.10. The zero-order valence-corrected chi connectivity index (χ0v) is 13.2. The van der Waals surface area contributed by atoms with Crippen molar-refractivity contribution in [3.05, 3.63) is 28.5 Å². The van der Waals surface area contributed by atoms with E-state index >= 15 is 0 Å². The van der Waals surface area contributed by atoms with E-state index in [9.17, 15) is 4.79 Å². The Morgan fingerprint density at radius 1 is 1.40 bits per heavy atom. The Balaban J connectivity index is 2.20. The summed E-state index contributed by atoms with van der Waals surface area (Å²) in [6.45, 7) is 8.58. The maximum Gasteiger partial charge on any atom is 0.222 e. The van der Waals surface area contributed by atoms with Gasteiger partial charge < -0.3 is 14.9 Å². The molecule has 0 spiro atoms. The molecule has 0 atom stereocenters. The highest BCUT2D eigenvalue weighted by Gasteiger charge is 2.14. The SMILES string of the molecule is Cc1cccc2[nH]c(=S)n(CCC(=O)NC(C)(C)C)c12. The predicted molar refractivity (Wildman–Crippen MR) is 84.4 cm³/mol. The lowest BCUT2D eigenvalue weighted by atomic mass is 10.1. The number of aryl methyl sites for hydroxylation is 2. The molecule has 0 aliphatic heterocycles. The molecule has 0 bridgehead atoms. The zero-order chi connectivity index (χ0) is 14.9. The number of H-pyrrole nitrogens is 1. The summed E-state index contributed by atoms with van der Waals surface area (Å²) < 4.78 is 2.67. The highest BCUT2D eigenvalue weighted by Crippen LogP contribution is 2.18. The van der Waals surface area contributed by atoms with E-state index in [2.05, 4.69) is 23.3 Å². The molecule has 20 heavy (non-hydrogen) atoms. The molecule has 1 amide bonds. The molecule has 2 aromatic rings. The maximum atomic E-state index is 11.9. The van der Waals surface area contributed by atoms with Crippen LogP contribution < -0.4 is 5.32 Å². The van der Waals surface area contributed by atoms with Crippen molar-refractivity contribution in [1.29, 1.82) is 0 Å². The van der Waals surface area contributed by atoms with Crippen LogP contribution in [0.15, 0.2) is 18.2 Å². The van der Waals surface area contributed by atoms with Crippen molar-refractivity contribution < 1.29 is 4.79 Å². The lowest BCUT2D eigenvalue weighted by molar-refractivity contribution is -0.122. The molecule has 0 saturated carbocycles. The number of carbonyl (C=O) groups is 1. The van der Waals surface area contributed by atoms with Crippen molar-refractivity contribution >= 4 is 29.2 Å². The van der Waals surface area contributed by atoms with Crippen LogP contribution in [0.5, 0.6) is 0 Å². The number of hydrogen-bond acceptors (Lipinski definition) is 2. The number of aromatic amines is 1. The molecule has 0 unspecified atom stereocenters. The fraction of sp³-hybridized carbons (Fsp3) is 0.467. The third-order valence-electron chi connectivity index (χ3n) is 3.07. The Bertz CT molecular complexity index is 691. The highest BCUT2D eigenvalue weighted by atomic mass is 32.1. The van der Waals surface area contributed by atoms with Gasteiger partial charge in [0.1, 0.15) is 0 Å². The van der Waals surface area contributed by atoms with Gasteiger partial charge in [-0.05, 0) is 51.5 Å². The Labute approximate surface area is 124 Å². The topological polar surface area (TPSA) is 49.8 Å². The fourth-order valence-electron chi connectivity index (χ4n) is 2.31. The molecule has 2 N–H and O–H groups in total. The summed E-state index contributed by atoms with van der Waals surface area (Å²) in [6.07, 6.45) is 0.423. The van der Waals surface area contributed by atoms with E-state index in [4.69, 9.17) is 12.2 Å². The summed E-state index contributed by atoms with van der Waals surface area (Å²) in [5, 5.41) is 2.97. The van der Waals surface area contributed by atoms with Gasteiger partial charge >= 0.3 is 0 Å². The lowest BCUT2D eigenvalue weighted by Gasteiger charge is -2.20. The third-order valence-corrected chi connectivity index (χ3v) is 3.39. The van der Waals surface area contributed by atoms with Crippen LogP contribution in [0, 0.1) is 11.7 Å². The van der Waals surface area contributed by atoms with Crippen LogP contribution in [-0.2, 0) is 11.3 Å². The largest absolute Gasteiger partial charge is 0.351 e. The van der Waals surface area contributed by atoms with Crippen LogP contribution in [-0.4, -0.2) is 21.0 Å². The van der Waals surface area contributed by atoms with Crippen LogP contribution >= 0.6 is 12.2 Å². The highest BCUT2D eigenvalue weighted by molar-refractivity contribution is 7.71. The molecule has 0 aliphatic rings. The van der Waals surface area contributed by atoms with E-state index in [0.29, 0.717) is 17.7 Å². The first-order valence-corrected chi connectivity index (χ1v) is 7.18. The number of hydrogen-bond donors (Lipinski definition) is 2. The fourth-order valence-corrected chi connectivity index (χ4v) is 2.60. The van der Waals surface area contributed by atoms with Gasteiger partial charge in [0.05, 0.1) is 11.0 Å². The molecule has 0 fully saturated rings. The molecule has 0 radical (unpaired) electrons. The summed E-state index contributed by atoms with van der Waals surface area (Å²) in [5.41, 5.74) is 3.06. The zero-order valence-electron chi connectivity index (χ0n) is 12.4. The van der Waals surface area contributed by atoms with Gasteiger partial charge in [-0.15, -0.1) is 0 Å². The molecule has 0 aliphatic carbocycles. The minimum atomic E-state index is -0.200. The van der Waals surface area contributed by atoms with Crippen LogP contribution in [0.4, 0.5) is 0 Å². The molecular weight excluding hydrogens is 270 g/mol. The van der Waals surface area contributed by atoms with E-state index < -0.39 is 0 Å². The van der Waals surface area contributed by atoms with Crippen molar-refractivity contribution in [2.45, 2.75) is 46.2 Å². The van der Waals surface area contributed by atoms with Gasteiger partial charge in [-0.2, -0.15) is 0 Å². The molecule has 4 nitrogen and oxygen atoms in total. The number of benzene rings is 1. The molecule has 108 valence electrons. The first kappa shape index (κ1) is 14.8. The number of aromatic nitrogens is 2. The number of fused-ring (bicyclic) bond motifs is 1. The number of nitrogens with zero attached hydrogens (tertiary/aromatic N) is 1. The Hall–Kier alpha value is -1.62. The number of para-hydroxylation sites is 1. The average molecular weight is 291 g/mol. The summed E-state index contributed by atoms with van der Waals surface area (Å²) in [7, 11) is 0. The third kappa shape index (κ3) is 3.28. The van der Waals surface area contributed by atoms with Crippen LogP contribution in [0.1, 0.15) is 32.8 Å². The maximum absolute atomic E-state index is 11.9.